The first kappa shape index (κ1) is 23.4. The van der Waals surface area contributed by atoms with E-state index in [1.807, 2.05) is 6.92 Å². The Hall–Kier alpha value is -1.90. The summed E-state index contributed by atoms with van der Waals surface area (Å²) in [4.78, 5) is 10.8. The molecule has 0 aliphatic heterocycles. The zero-order chi connectivity index (χ0) is 21.6. The van der Waals surface area contributed by atoms with Crippen molar-refractivity contribution in [2.24, 2.45) is 17.8 Å². The summed E-state index contributed by atoms with van der Waals surface area (Å²) in [5.74, 6) is -1.95. The zero-order valence-corrected chi connectivity index (χ0v) is 17.7. The Kier molecular flexibility index (Phi) is 8.24. The van der Waals surface area contributed by atoms with Gasteiger partial charge in [-0.15, -0.1) is 0 Å². The normalized spacial score (nSPS) is 25.9. The number of hydrogen-bond acceptors (Lipinski definition) is 5. The minimum atomic E-state index is -3.58. The number of aliphatic carboxylic acids is 1. The first-order valence-corrected chi connectivity index (χ1v) is 11.6. The maximum atomic E-state index is 12.8. The van der Waals surface area contributed by atoms with Crippen LogP contribution in [0.3, 0.4) is 0 Å². The molecule has 1 aromatic carbocycles. The van der Waals surface area contributed by atoms with E-state index in [4.69, 9.17) is 5.11 Å². The van der Waals surface area contributed by atoms with Crippen molar-refractivity contribution in [3.63, 3.8) is 0 Å². The third kappa shape index (κ3) is 5.81. The zero-order valence-electron chi connectivity index (χ0n) is 16.9. The molecule has 0 spiro atoms. The maximum Gasteiger partial charge on any atom is 0.327 e. The monoisotopic (exact) mass is 425 g/mol. The second-order valence-corrected chi connectivity index (χ2v) is 9.71. The molecule has 1 aromatic rings. The van der Waals surface area contributed by atoms with Crippen LogP contribution in [0.2, 0.25) is 0 Å². The van der Waals surface area contributed by atoms with E-state index in [2.05, 4.69) is 0 Å². The number of para-hydroxylation sites is 1. The Morgan fingerprint density at radius 1 is 1.21 bits per heavy atom. The van der Waals surface area contributed by atoms with Gasteiger partial charge in [-0.25, -0.2) is 13.2 Å². The summed E-state index contributed by atoms with van der Waals surface area (Å²) in [6, 6.07) is 8.76. The molecule has 1 aliphatic carbocycles. The van der Waals surface area contributed by atoms with Crippen LogP contribution >= 0.6 is 0 Å². The molecular formula is C21H31NO6S. The summed E-state index contributed by atoms with van der Waals surface area (Å²) < 4.78 is 26.9. The number of nitrogens with zero attached hydrogens (tertiary/aromatic N) is 1. The van der Waals surface area contributed by atoms with E-state index < -0.39 is 34.1 Å². The fourth-order valence-corrected chi connectivity index (χ4v) is 5.44. The predicted molar refractivity (Wildman–Crippen MR) is 112 cm³/mol. The van der Waals surface area contributed by atoms with Crippen molar-refractivity contribution in [2.75, 3.05) is 16.6 Å². The van der Waals surface area contributed by atoms with Crippen LogP contribution in [-0.4, -0.2) is 54.2 Å². The van der Waals surface area contributed by atoms with Crippen LogP contribution in [0.25, 0.3) is 0 Å². The molecule has 0 saturated heterocycles. The van der Waals surface area contributed by atoms with E-state index in [-0.39, 0.29) is 30.6 Å². The molecule has 3 N–H and O–H groups in total. The smallest absolute Gasteiger partial charge is 0.327 e. The fourth-order valence-electron chi connectivity index (χ4n) is 4.29. The lowest BCUT2D eigenvalue weighted by molar-refractivity contribution is -0.131. The lowest BCUT2D eigenvalue weighted by atomic mass is 9.78. The Balaban J connectivity index is 2.33. The molecule has 0 bridgehead atoms. The average Bonchev–Trinajstić information content (AvgIpc) is 2.96. The van der Waals surface area contributed by atoms with Gasteiger partial charge >= 0.3 is 5.97 Å². The molecule has 5 unspecified atom stereocenters. The number of aliphatic hydroxyl groups excluding tert-OH is 2. The Bertz CT molecular complexity index is 795. The van der Waals surface area contributed by atoms with Crippen molar-refractivity contribution in [3.05, 3.63) is 42.5 Å². The Labute approximate surface area is 172 Å². The summed E-state index contributed by atoms with van der Waals surface area (Å²) in [6.45, 7) is 3.60. The van der Waals surface area contributed by atoms with Crippen LogP contribution in [0.1, 0.15) is 33.1 Å². The van der Waals surface area contributed by atoms with E-state index in [1.165, 1.54) is 4.31 Å². The molecule has 0 radical (unpaired) electrons. The summed E-state index contributed by atoms with van der Waals surface area (Å²) in [5, 5.41) is 30.1. The molecule has 0 amide bonds. The van der Waals surface area contributed by atoms with E-state index in [9.17, 15) is 23.4 Å². The van der Waals surface area contributed by atoms with Gasteiger partial charge in [-0.3, -0.25) is 4.31 Å². The first-order valence-electron chi connectivity index (χ1n) is 10.0. The van der Waals surface area contributed by atoms with E-state index in [1.54, 1.807) is 43.3 Å². The number of carbonyl (C=O) groups is 1. The molecule has 162 valence electrons. The minimum Gasteiger partial charge on any atom is -0.478 e. The molecule has 29 heavy (non-hydrogen) atoms. The number of sulfonamides is 1. The van der Waals surface area contributed by atoms with Crippen LogP contribution in [0.15, 0.2) is 42.5 Å². The molecule has 1 saturated carbocycles. The number of carboxylic acids is 1. The van der Waals surface area contributed by atoms with Crippen LogP contribution in [0, 0.1) is 17.8 Å². The topological polar surface area (TPSA) is 115 Å². The number of rotatable bonds is 10. The molecule has 7 nitrogen and oxygen atoms in total. The van der Waals surface area contributed by atoms with Gasteiger partial charge in [0.05, 0.1) is 23.6 Å². The van der Waals surface area contributed by atoms with Gasteiger partial charge in [-0.2, -0.15) is 0 Å². The van der Waals surface area contributed by atoms with Crippen molar-refractivity contribution < 1.29 is 28.5 Å². The molecule has 1 fully saturated rings. The predicted octanol–water partition coefficient (Wildman–Crippen LogP) is 2.26. The van der Waals surface area contributed by atoms with Crippen molar-refractivity contribution in [2.45, 2.75) is 45.3 Å². The highest BCUT2D eigenvalue weighted by Gasteiger charge is 2.46. The number of hydrogen-bond donors (Lipinski definition) is 3. The highest BCUT2D eigenvalue weighted by Crippen LogP contribution is 2.41. The summed E-state index contributed by atoms with van der Waals surface area (Å²) in [7, 11) is -3.58. The molecule has 5 atom stereocenters. The standard InChI is InChI=1S/C21H31NO6S/c1-3-15(9-8-12-20(25)26)21-17(18(23)13-19(21)24)14-22(29(27,28)4-2)16-10-6-5-7-11-16/h5-8,10-12,15,17-19,21,23-24H,3-4,9,13-14H2,1-2H3,(H,25,26)/b12-8-. The third-order valence-corrected chi connectivity index (χ3v) is 7.57. The quantitative estimate of drug-likeness (QED) is 0.495. The van der Waals surface area contributed by atoms with Gasteiger partial charge in [-0.1, -0.05) is 37.6 Å². The highest BCUT2D eigenvalue weighted by molar-refractivity contribution is 7.92. The fraction of sp³-hybridized carbons (Fsp3) is 0.571. The first-order chi connectivity index (χ1) is 13.7. The SMILES string of the molecule is CCC(C/C=C\C(=O)O)C1C(O)CC(O)C1CN(c1ccccc1)S(=O)(=O)CC. The average molecular weight is 426 g/mol. The molecule has 1 aliphatic rings. The molecular weight excluding hydrogens is 394 g/mol. The van der Waals surface area contributed by atoms with Crippen LogP contribution in [0.4, 0.5) is 5.69 Å². The van der Waals surface area contributed by atoms with Crippen LogP contribution < -0.4 is 4.31 Å². The van der Waals surface area contributed by atoms with Gasteiger partial charge in [0.25, 0.3) is 0 Å². The largest absolute Gasteiger partial charge is 0.478 e. The highest BCUT2D eigenvalue weighted by atomic mass is 32.2. The van der Waals surface area contributed by atoms with Crippen LogP contribution in [-0.2, 0) is 14.8 Å². The number of allylic oxidation sites excluding steroid dienone is 1. The van der Waals surface area contributed by atoms with Gasteiger partial charge in [0.2, 0.25) is 10.0 Å². The minimum absolute atomic E-state index is 0.0651. The van der Waals surface area contributed by atoms with Gasteiger partial charge in [-0.05, 0) is 43.7 Å². The van der Waals surface area contributed by atoms with Gasteiger partial charge in [0.1, 0.15) is 0 Å². The van der Waals surface area contributed by atoms with Gasteiger partial charge in [0.15, 0.2) is 0 Å². The Morgan fingerprint density at radius 3 is 2.41 bits per heavy atom. The second-order valence-electron chi connectivity index (χ2n) is 7.52. The van der Waals surface area contributed by atoms with Gasteiger partial charge < -0.3 is 15.3 Å². The number of carboxylic acid groups (broad SMARTS) is 1. The van der Waals surface area contributed by atoms with E-state index in [0.29, 0.717) is 18.5 Å². The van der Waals surface area contributed by atoms with Gasteiger partial charge in [0, 0.05) is 18.5 Å². The van der Waals surface area contributed by atoms with E-state index >= 15 is 0 Å². The van der Waals surface area contributed by atoms with Crippen molar-refractivity contribution in [1.29, 1.82) is 0 Å². The maximum absolute atomic E-state index is 12.8. The number of aliphatic hydroxyl groups is 2. The van der Waals surface area contributed by atoms with Crippen LogP contribution in [0.5, 0.6) is 0 Å². The summed E-state index contributed by atoms with van der Waals surface area (Å²) in [6.07, 6.45) is 2.35. The second kappa shape index (κ2) is 10.2. The molecule has 0 aromatic heterocycles. The molecule has 8 heteroatoms. The molecule has 0 heterocycles. The Morgan fingerprint density at radius 2 is 1.86 bits per heavy atom. The number of anilines is 1. The third-order valence-electron chi connectivity index (χ3n) is 5.81. The van der Waals surface area contributed by atoms with Crippen molar-refractivity contribution >= 4 is 21.7 Å². The van der Waals surface area contributed by atoms with Crippen molar-refractivity contribution in [3.8, 4) is 0 Å². The summed E-state index contributed by atoms with van der Waals surface area (Å²) >= 11 is 0. The molecule has 2 rings (SSSR count). The summed E-state index contributed by atoms with van der Waals surface area (Å²) in [5.41, 5.74) is 0.528. The lowest BCUT2D eigenvalue weighted by Gasteiger charge is -2.34. The lowest BCUT2D eigenvalue weighted by Crippen LogP contribution is -2.42. The number of benzene rings is 1. The van der Waals surface area contributed by atoms with Crippen molar-refractivity contribution in [1.82, 2.24) is 0 Å². The van der Waals surface area contributed by atoms with E-state index in [0.717, 1.165) is 6.08 Å².